The van der Waals surface area contributed by atoms with Crippen molar-refractivity contribution in [3.63, 3.8) is 0 Å². The molecule has 0 N–H and O–H groups in total. The highest BCUT2D eigenvalue weighted by Crippen LogP contribution is 2.39. The molecular formula is C13H12N4O4. The number of nitro groups is 1. The number of esters is 1. The van der Waals surface area contributed by atoms with Crippen LogP contribution in [0.2, 0.25) is 0 Å². The maximum absolute atomic E-state index is 11.5. The van der Waals surface area contributed by atoms with E-state index in [0.29, 0.717) is 5.92 Å². The van der Waals surface area contributed by atoms with Gasteiger partial charge in [-0.1, -0.05) is 0 Å². The van der Waals surface area contributed by atoms with Gasteiger partial charge in [-0.25, -0.2) is 14.5 Å². The number of aromatic nitrogens is 3. The minimum absolute atomic E-state index is 0.00146. The van der Waals surface area contributed by atoms with Crippen LogP contribution in [-0.2, 0) is 4.74 Å². The summed E-state index contributed by atoms with van der Waals surface area (Å²) in [5, 5.41) is 15.4. The fourth-order valence-electron chi connectivity index (χ4n) is 2.02. The third-order valence-electron chi connectivity index (χ3n) is 3.27. The van der Waals surface area contributed by atoms with Crippen LogP contribution >= 0.6 is 0 Å². The van der Waals surface area contributed by atoms with Crippen LogP contribution in [0.15, 0.2) is 24.4 Å². The van der Waals surface area contributed by atoms with E-state index in [4.69, 9.17) is 0 Å². The summed E-state index contributed by atoms with van der Waals surface area (Å²) in [6, 6.07) is 4.31. The van der Waals surface area contributed by atoms with Gasteiger partial charge in [0.15, 0.2) is 5.69 Å². The van der Waals surface area contributed by atoms with Crippen molar-refractivity contribution in [2.24, 2.45) is 0 Å². The summed E-state index contributed by atoms with van der Waals surface area (Å²) in [4.78, 5) is 26.1. The molecule has 2 aromatic heterocycles. The average molecular weight is 288 g/mol. The number of methoxy groups -OCH3 is 1. The molecule has 0 amide bonds. The Morgan fingerprint density at radius 3 is 2.81 bits per heavy atom. The zero-order valence-electron chi connectivity index (χ0n) is 11.2. The standard InChI is InChI=1S/C13H12N4O4/c1-21-13(18)10-4-5-11(17(19)20)12(14-10)16-7-6-9(15-16)8-2-3-8/h4-8H,2-3H2,1H3. The topological polar surface area (TPSA) is 100 Å². The van der Waals surface area contributed by atoms with Crippen LogP contribution in [0.1, 0.15) is 34.9 Å². The molecule has 0 radical (unpaired) electrons. The normalized spacial score (nSPS) is 14.0. The van der Waals surface area contributed by atoms with Crippen LogP contribution in [0, 0.1) is 10.1 Å². The molecule has 8 heteroatoms. The predicted octanol–water partition coefficient (Wildman–Crippen LogP) is 1.84. The van der Waals surface area contributed by atoms with Crippen LogP contribution in [0.4, 0.5) is 5.69 Å². The van der Waals surface area contributed by atoms with Gasteiger partial charge in [0.2, 0.25) is 5.82 Å². The Balaban J connectivity index is 2.07. The molecule has 1 aliphatic carbocycles. The predicted molar refractivity (Wildman–Crippen MR) is 71.3 cm³/mol. The van der Waals surface area contributed by atoms with E-state index in [1.54, 1.807) is 6.20 Å². The van der Waals surface area contributed by atoms with Gasteiger partial charge in [-0.3, -0.25) is 10.1 Å². The minimum Gasteiger partial charge on any atom is -0.464 e. The first-order chi connectivity index (χ1) is 10.1. The summed E-state index contributed by atoms with van der Waals surface area (Å²) in [5.41, 5.74) is 0.671. The van der Waals surface area contributed by atoms with E-state index in [1.165, 1.54) is 23.9 Å². The number of carbonyl (C=O) groups is 1. The van der Waals surface area contributed by atoms with Crippen molar-refractivity contribution in [2.75, 3.05) is 7.11 Å². The Morgan fingerprint density at radius 1 is 1.43 bits per heavy atom. The van der Waals surface area contributed by atoms with Crippen molar-refractivity contribution < 1.29 is 14.5 Å². The molecule has 1 saturated carbocycles. The van der Waals surface area contributed by atoms with Crippen LogP contribution in [0.3, 0.4) is 0 Å². The second-order valence-electron chi connectivity index (χ2n) is 4.75. The number of nitrogens with zero attached hydrogens (tertiary/aromatic N) is 4. The molecule has 0 aromatic carbocycles. The first-order valence-electron chi connectivity index (χ1n) is 6.40. The van der Waals surface area contributed by atoms with E-state index in [2.05, 4.69) is 14.8 Å². The van der Waals surface area contributed by atoms with Crippen molar-refractivity contribution in [3.05, 3.63) is 45.9 Å². The molecule has 0 saturated heterocycles. The SMILES string of the molecule is COC(=O)c1ccc([N+](=O)[O-])c(-n2ccc(C3CC3)n2)n1. The summed E-state index contributed by atoms with van der Waals surface area (Å²) >= 11 is 0. The summed E-state index contributed by atoms with van der Waals surface area (Å²) in [5.74, 6) is -0.218. The molecule has 0 unspecified atom stereocenters. The summed E-state index contributed by atoms with van der Waals surface area (Å²) in [6.45, 7) is 0. The first kappa shape index (κ1) is 13.2. The van der Waals surface area contributed by atoms with E-state index in [-0.39, 0.29) is 17.2 Å². The largest absolute Gasteiger partial charge is 0.464 e. The maximum Gasteiger partial charge on any atom is 0.356 e. The summed E-state index contributed by atoms with van der Waals surface area (Å²) in [6.07, 6.45) is 3.77. The van der Waals surface area contributed by atoms with Gasteiger partial charge < -0.3 is 4.74 Å². The van der Waals surface area contributed by atoms with Crippen molar-refractivity contribution in [1.82, 2.24) is 14.8 Å². The van der Waals surface area contributed by atoms with Gasteiger partial charge in [0.1, 0.15) is 0 Å². The van der Waals surface area contributed by atoms with E-state index in [1.807, 2.05) is 6.07 Å². The second kappa shape index (κ2) is 4.97. The Kier molecular flexibility index (Phi) is 3.13. The zero-order chi connectivity index (χ0) is 15.0. The molecule has 21 heavy (non-hydrogen) atoms. The molecule has 2 heterocycles. The number of hydrogen-bond acceptors (Lipinski definition) is 6. The van der Waals surface area contributed by atoms with Gasteiger partial charge in [0.05, 0.1) is 17.7 Å². The lowest BCUT2D eigenvalue weighted by molar-refractivity contribution is -0.384. The molecule has 0 bridgehead atoms. The van der Waals surface area contributed by atoms with Crippen LogP contribution in [-0.4, -0.2) is 32.8 Å². The van der Waals surface area contributed by atoms with Crippen LogP contribution in [0.5, 0.6) is 0 Å². The minimum atomic E-state index is -0.652. The van der Waals surface area contributed by atoms with E-state index >= 15 is 0 Å². The molecule has 0 atom stereocenters. The van der Waals surface area contributed by atoms with E-state index in [9.17, 15) is 14.9 Å². The van der Waals surface area contributed by atoms with E-state index < -0.39 is 10.9 Å². The van der Waals surface area contributed by atoms with Gasteiger partial charge in [-0.2, -0.15) is 5.10 Å². The molecule has 0 aliphatic heterocycles. The van der Waals surface area contributed by atoms with Gasteiger partial charge >= 0.3 is 11.7 Å². The highest BCUT2D eigenvalue weighted by molar-refractivity contribution is 5.87. The lowest BCUT2D eigenvalue weighted by Crippen LogP contribution is -2.10. The highest BCUT2D eigenvalue weighted by atomic mass is 16.6. The summed E-state index contributed by atoms with van der Waals surface area (Å²) in [7, 11) is 1.23. The smallest absolute Gasteiger partial charge is 0.356 e. The van der Waals surface area contributed by atoms with Gasteiger partial charge in [-0.15, -0.1) is 0 Å². The molecule has 108 valence electrons. The van der Waals surface area contributed by atoms with Gasteiger partial charge in [-0.05, 0) is 25.0 Å². The fourth-order valence-corrected chi connectivity index (χ4v) is 2.02. The molecule has 3 rings (SSSR count). The lowest BCUT2D eigenvalue weighted by Gasteiger charge is -2.04. The molecule has 1 fully saturated rings. The molecule has 1 aliphatic rings. The van der Waals surface area contributed by atoms with Crippen molar-refractivity contribution in [2.45, 2.75) is 18.8 Å². The molecular weight excluding hydrogens is 276 g/mol. The van der Waals surface area contributed by atoms with Crippen molar-refractivity contribution >= 4 is 11.7 Å². The third kappa shape index (κ3) is 2.47. The van der Waals surface area contributed by atoms with Gasteiger partial charge in [0.25, 0.3) is 0 Å². The van der Waals surface area contributed by atoms with Crippen LogP contribution < -0.4 is 0 Å². The van der Waals surface area contributed by atoms with Crippen molar-refractivity contribution in [1.29, 1.82) is 0 Å². The first-order valence-corrected chi connectivity index (χ1v) is 6.40. The quantitative estimate of drug-likeness (QED) is 0.483. The van der Waals surface area contributed by atoms with Crippen molar-refractivity contribution in [3.8, 4) is 5.82 Å². The molecule has 0 spiro atoms. The Labute approximate surface area is 119 Å². The number of hydrogen-bond donors (Lipinski definition) is 0. The number of rotatable bonds is 4. The third-order valence-corrected chi connectivity index (χ3v) is 3.27. The second-order valence-corrected chi connectivity index (χ2v) is 4.75. The van der Waals surface area contributed by atoms with E-state index in [0.717, 1.165) is 18.5 Å². The Hall–Kier alpha value is -2.77. The Morgan fingerprint density at radius 2 is 2.19 bits per heavy atom. The number of carbonyl (C=O) groups excluding carboxylic acids is 1. The summed E-state index contributed by atoms with van der Waals surface area (Å²) < 4.78 is 5.91. The fraction of sp³-hybridized carbons (Fsp3) is 0.308. The molecule has 8 nitrogen and oxygen atoms in total. The maximum atomic E-state index is 11.5. The number of ether oxygens (including phenoxy) is 1. The highest BCUT2D eigenvalue weighted by Gasteiger charge is 2.27. The average Bonchev–Trinajstić information content (AvgIpc) is 3.23. The van der Waals surface area contributed by atoms with Gasteiger partial charge in [0, 0.05) is 18.2 Å². The monoisotopic (exact) mass is 288 g/mol. The lowest BCUT2D eigenvalue weighted by atomic mass is 10.3. The number of pyridine rings is 1. The Bertz CT molecular complexity index is 721. The molecule has 2 aromatic rings. The zero-order valence-corrected chi connectivity index (χ0v) is 11.2. The van der Waals surface area contributed by atoms with Crippen LogP contribution in [0.25, 0.3) is 5.82 Å².